The lowest BCUT2D eigenvalue weighted by Crippen LogP contribution is -2.15. The Morgan fingerprint density at radius 3 is 1.06 bits per heavy atom. The van der Waals surface area contributed by atoms with Gasteiger partial charge in [0.1, 0.15) is 0 Å². The van der Waals surface area contributed by atoms with Gasteiger partial charge in [-0.15, -0.1) is 0 Å². The highest BCUT2D eigenvalue weighted by Gasteiger charge is 2.00. The van der Waals surface area contributed by atoms with Crippen LogP contribution in [0.5, 0.6) is 0 Å². The van der Waals surface area contributed by atoms with Crippen molar-refractivity contribution in [3.8, 4) is 0 Å². The van der Waals surface area contributed by atoms with Crippen molar-refractivity contribution in [2.75, 3.05) is 41.7 Å². The highest BCUT2D eigenvalue weighted by atomic mass is 16.5. The maximum atomic E-state index is 5.01. The van der Waals surface area contributed by atoms with E-state index in [0.29, 0.717) is 13.2 Å². The van der Waals surface area contributed by atoms with Crippen LogP contribution in [0.3, 0.4) is 0 Å². The van der Waals surface area contributed by atoms with Crippen LogP contribution in [0.25, 0.3) is 0 Å². The second-order valence-corrected chi connectivity index (χ2v) is 3.44. The molecule has 0 aromatic carbocycles. The molecule has 0 fully saturated rings. The third-order valence-corrected chi connectivity index (χ3v) is 2.28. The molecule has 0 heterocycles. The van der Waals surface area contributed by atoms with Crippen LogP contribution in [0.15, 0.2) is 0 Å². The molecule has 2 unspecified atom stereocenters. The average molecular weight is 252 g/mol. The van der Waals surface area contributed by atoms with E-state index in [1.165, 1.54) is 0 Å². The molecule has 0 N–H and O–H groups in total. The van der Waals surface area contributed by atoms with E-state index in [-0.39, 0.29) is 19.6 Å². The van der Waals surface area contributed by atoms with Gasteiger partial charge in [-0.1, -0.05) is 21.3 Å². The second-order valence-electron chi connectivity index (χ2n) is 3.44. The Morgan fingerprint density at radius 1 is 0.706 bits per heavy atom. The molecular weight excluding hydrogens is 220 g/mol. The van der Waals surface area contributed by atoms with E-state index < -0.39 is 0 Å². The molecule has 0 aromatic heterocycles. The molecule has 0 bridgehead atoms. The Morgan fingerprint density at radius 2 is 1.00 bits per heavy atom. The first-order valence-corrected chi connectivity index (χ1v) is 5.73. The molecule has 2 atom stereocenters. The summed E-state index contributed by atoms with van der Waals surface area (Å²) in [5, 5.41) is 0. The quantitative estimate of drug-likeness (QED) is 0.665. The van der Waals surface area contributed by atoms with Crippen LogP contribution in [0.2, 0.25) is 0 Å². The number of rotatable bonds is 8. The average Bonchev–Trinajstić information content (AvgIpc) is 2.33. The van der Waals surface area contributed by atoms with Crippen molar-refractivity contribution in [3.63, 3.8) is 0 Å². The van der Waals surface area contributed by atoms with Crippen LogP contribution in [-0.2, 0) is 18.9 Å². The van der Waals surface area contributed by atoms with Crippen molar-refractivity contribution in [2.24, 2.45) is 0 Å². The van der Waals surface area contributed by atoms with Gasteiger partial charge >= 0.3 is 0 Å². The molecule has 0 rings (SSSR count). The molecule has 0 radical (unpaired) electrons. The number of ether oxygens (including phenoxy) is 4. The number of hydrogen-bond acceptors (Lipinski definition) is 4. The van der Waals surface area contributed by atoms with Crippen LogP contribution in [0.1, 0.15) is 34.1 Å². The van der Waals surface area contributed by atoms with Gasteiger partial charge in [0.25, 0.3) is 0 Å². The molecule has 108 valence electrons. The summed E-state index contributed by atoms with van der Waals surface area (Å²) in [6.45, 7) is 5.56. The molecule has 0 aliphatic carbocycles. The first-order valence-electron chi connectivity index (χ1n) is 5.73. The maximum absolute atomic E-state index is 5.01. The lowest BCUT2D eigenvalue weighted by molar-refractivity contribution is 0.0265. The molecular formula is C13H32O4. The molecule has 4 heteroatoms. The summed E-state index contributed by atoms with van der Waals surface area (Å²) in [5.74, 6) is 0. The van der Waals surface area contributed by atoms with Crippen molar-refractivity contribution >= 4 is 0 Å². The van der Waals surface area contributed by atoms with Crippen LogP contribution in [0, 0.1) is 0 Å². The summed E-state index contributed by atoms with van der Waals surface area (Å²) in [6, 6.07) is 0. The van der Waals surface area contributed by atoms with Gasteiger partial charge in [-0.2, -0.15) is 0 Å². The standard InChI is InChI=1S/2C6H14O2.CH4/c2*1-4-6(8-3)5-7-2;/h2*6H,4-5H2,1-3H3;1H4. The molecule has 0 aliphatic heterocycles. The van der Waals surface area contributed by atoms with E-state index in [9.17, 15) is 0 Å². The monoisotopic (exact) mass is 252 g/mol. The zero-order valence-corrected chi connectivity index (χ0v) is 11.6. The minimum Gasteiger partial charge on any atom is -0.382 e. The molecule has 0 saturated carbocycles. The Hall–Kier alpha value is -0.160. The van der Waals surface area contributed by atoms with Gasteiger partial charge in [0, 0.05) is 28.4 Å². The van der Waals surface area contributed by atoms with Gasteiger partial charge in [-0.3, -0.25) is 0 Å². The van der Waals surface area contributed by atoms with E-state index in [4.69, 9.17) is 18.9 Å². The molecule has 0 aromatic rings. The Kier molecular flexibility index (Phi) is 23.6. The lowest BCUT2D eigenvalue weighted by atomic mass is 10.3. The first-order chi connectivity index (χ1) is 7.69. The van der Waals surface area contributed by atoms with E-state index in [2.05, 4.69) is 13.8 Å². The fourth-order valence-electron chi connectivity index (χ4n) is 1.08. The van der Waals surface area contributed by atoms with Crippen molar-refractivity contribution in [3.05, 3.63) is 0 Å². The Balaban J connectivity index is -0.000000218. The predicted octanol–water partition coefficient (Wildman–Crippen LogP) is 2.75. The Bertz CT molecular complexity index is 98.0. The second kappa shape index (κ2) is 18.2. The van der Waals surface area contributed by atoms with Gasteiger partial charge in [-0.25, -0.2) is 0 Å². The lowest BCUT2D eigenvalue weighted by Gasteiger charge is -2.09. The molecule has 4 nitrogen and oxygen atoms in total. The van der Waals surface area contributed by atoms with Gasteiger partial charge in [0.05, 0.1) is 25.4 Å². The molecule has 0 spiro atoms. The van der Waals surface area contributed by atoms with Crippen molar-refractivity contribution < 1.29 is 18.9 Å². The summed E-state index contributed by atoms with van der Waals surface area (Å²) in [7, 11) is 6.77. The third-order valence-electron chi connectivity index (χ3n) is 2.28. The summed E-state index contributed by atoms with van der Waals surface area (Å²) >= 11 is 0. The summed E-state index contributed by atoms with van der Waals surface area (Å²) in [6.07, 6.45) is 2.59. The topological polar surface area (TPSA) is 36.9 Å². The van der Waals surface area contributed by atoms with E-state index in [1.807, 2.05) is 0 Å². The number of hydrogen-bond donors (Lipinski definition) is 0. The van der Waals surface area contributed by atoms with Crippen LogP contribution in [-0.4, -0.2) is 53.9 Å². The predicted molar refractivity (Wildman–Crippen MR) is 72.7 cm³/mol. The molecule has 17 heavy (non-hydrogen) atoms. The van der Waals surface area contributed by atoms with Gasteiger partial charge in [0.15, 0.2) is 0 Å². The van der Waals surface area contributed by atoms with E-state index in [1.54, 1.807) is 28.4 Å². The maximum Gasteiger partial charge on any atom is 0.0801 e. The largest absolute Gasteiger partial charge is 0.382 e. The van der Waals surface area contributed by atoms with E-state index in [0.717, 1.165) is 12.8 Å². The highest BCUT2D eigenvalue weighted by Crippen LogP contribution is 1.94. The first kappa shape index (κ1) is 22.1. The zero-order valence-electron chi connectivity index (χ0n) is 11.6. The smallest absolute Gasteiger partial charge is 0.0801 e. The van der Waals surface area contributed by atoms with E-state index >= 15 is 0 Å². The molecule has 0 aliphatic rings. The SMILES string of the molecule is C.CCC(COC)OC.CCC(COC)OC. The number of methoxy groups -OCH3 is 4. The Labute approximate surface area is 108 Å². The molecule has 0 saturated heterocycles. The zero-order chi connectivity index (χ0) is 12.8. The van der Waals surface area contributed by atoms with Crippen LogP contribution >= 0.6 is 0 Å². The molecule has 0 amide bonds. The van der Waals surface area contributed by atoms with Crippen molar-refractivity contribution in [2.45, 2.75) is 46.3 Å². The highest BCUT2D eigenvalue weighted by molar-refractivity contribution is 4.50. The third kappa shape index (κ3) is 15.8. The summed E-state index contributed by atoms with van der Waals surface area (Å²) < 4.78 is 19.8. The van der Waals surface area contributed by atoms with Crippen LogP contribution < -0.4 is 0 Å². The van der Waals surface area contributed by atoms with Gasteiger partial charge in [-0.05, 0) is 12.8 Å². The fourth-order valence-corrected chi connectivity index (χ4v) is 1.08. The fraction of sp³-hybridized carbons (Fsp3) is 1.00. The minimum absolute atomic E-state index is 0. The van der Waals surface area contributed by atoms with Gasteiger partial charge < -0.3 is 18.9 Å². The summed E-state index contributed by atoms with van der Waals surface area (Å²) in [4.78, 5) is 0. The van der Waals surface area contributed by atoms with Crippen molar-refractivity contribution in [1.29, 1.82) is 0 Å². The summed E-state index contributed by atoms with van der Waals surface area (Å²) in [5.41, 5.74) is 0. The normalized spacial score (nSPS) is 13.1. The van der Waals surface area contributed by atoms with Gasteiger partial charge in [0.2, 0.25) is 0 Å². The van der Waals surface area contributed by atoms with Crippen molar-refractivity contribution in [1.82, 2.24) is 0 Å². The van der Waals surface area contributed by atoms with Crippen LogP contribution in [0.4, 0.5) is 0 Å². The minimum atomic E-state index is 0.